The second kappa shape index (κ2) is 5.97. The molecule has 0 radical (unpaired) electrons. The molecule has 1 fully saturated rings. The standard InChI is InChI=1S/C18H22BrF2NOS/c1-16(2,3)24(23)22-15-14-10-13(19)5-4-12(14)11-17(15)6-8-18(20,21)9-7-17/h4-5,10H,6-9,11H2,1-3H3. The molecule has 0 amide bonds. The average Bonchev–Trinajstić information content (AvgIpc) is 2.76. The van der Waals surface area contributed by atoms with E-state index in [4.69, 9.17) is 0 Å². The number of alkyl halides is 2. The van der Waals surface area contributed by atoms with E-state index < -0.39 is 27.1 Å². The molecular weight excluding hydrogens is 396 g/mol. The average molecular weight is 418 g/mol. The van der Waals surface area contributed by atoms with Crippen molar-refractivity contribution in [2.45, 2.75) is 63.5 Å². The maximum atomic E-state index is 13.7. The molecule has 0 N–H and O–H groups in total. The number of hydrogen-bond acceptors (Lipinski definition) is 1. The number of nitrogens with zero attached hydrogens (tertiary/aromatic N) is 1. The lowest BCUT2D eigenvalue weighted by molar-refractivity contribution is -0.0534. The van der Waals surface area contributed by atoms with Crippen LogP contribution in [0.2, 0.25) is 0 Å². The van der Waals surface area contributed by atoms with Crippen molar-refractivity contribution in [3.05, 3.63) is 33.8 Å². The molecule has 3 rings (SSSR count). The molecule has 24 heavy (non-hydrogen) atoms. The molecule has 1 saturated carbocycles. The van der Waals surface area contributed by atoms with E-state index in [0.29, 0.717) is 19.3 Å². The summed E-state index contributed by atoms with van der Waals surface area (Å²) in [4.78, 5) is 0. The Bertz CT molecular complexity index is 714. The molecule has 0 bridgehead atoms. The lowest BCUT2D eigenvalue weighted by Gasteiger charge is -2.37. The molecule has 0 heterocycles. The van der Waals surface area contributed by atoms with Gasteiger partial charge in [0.2, 0.25) is 5.92 Å². The number of benzene rings is 1. The molecule has 132 valence electrons. The quantitative estimate of drug-likeness (QED) is 0.596. The number of rotatable bonds is 1. The Morgan fingerprint density at radius 1 is 1.17 bits per heavy atom. The second-order valence-electron chi connectivity index (χ2n) is 7.92. The number of halogens is 3. The van der Waals surface area contributed by atoms with Crippen LogP contribution in [0, 0.1) is 5.41 Å². The van der Waals surface area contributed by atoms with Crippen molar-refractivity contribution in [3.63, 3.8) is 0 Å². The van der Waals surface area contributed by atoms with E-state index in [0.717, 1.165) is 21.3 Å². The molecule has 1 aromatic carbocycles. The van der Waals surface area contributed by atoms with Crippen molar-refractivity contribution < 1.29 is 13.0 Å². The van der Waals surface area contributed by atoms with E-state index in [-0.39, 0.29) is 12.8 Å². The smallest absolute Gasteiger partial charge is 0.234 e. The summed E-state index contributed by atoms with van der Waals surface area (Å²) in [5.74, 6) is -2.59. The first-order chi connectivity index (χ1) is 11.0. The number of fused-ring (bicyclic) bond motifs is 1. The summed E-state index contributed by atoms with van der Waals surface area (Å²) >= 11 is 3.48. The summed E-state index contributed by atoms with van der Waals surface area (Å²) in [6.45, 7) is 5.64. The molecule has 0 aliphatic heterocycles. The second-order valence-corrected chi connectivity index (χ2v) is 10.7. The van der Waals surface area contributed by atoms with Crippen LogP contribution in [-0.4, -0.2) is 20.6 Å². The zero-order valence-corrected chi connectivity index (χ0v) is 16.6. The zero-order chi connectivity index (χ0) is 17.8. The molecule has 0 aromatic heterocycles. The van der Waals surface area contributed by atoms with Gasteiger partial charge >= 0.3 is 0 Å². The van der Waals surface area contributed by atoms with Crippen LogP contribution in [0.4, 0.5) is 8.78 Å². The highest BCUT2D eigenvalue weighted by atomic mass is 79.9. The summed E-state index contributed by atoms with van der Waals surface area (Å²) in [6, 6.07) is 5.97. The van der Waals surface area contributed by atoms with Crippen LogP contribution in [-0.2, 0) is 17.4 Å². The van der Waals surface area contributed by atoms with Gasteiger partial charge in [-0.05, 0) is 57.7 Å². The zero-order valence-electron chi connectivity index (χ0n) is 14.2. The predicted octanol–water partition coefficient (Wildman–Crippen LogP) is 5.45. The van der Waals surface area contributed by atoms with Crippen LogP contribution in [0.3, 0.4) is 0 Å². The Balaban J connectivity index is 2.07. The van der Waals surface area contributed by atoms with Gasteiger partial charge in [-0.15, -0.1) is 0 Å². The Hall–Kier alpha value is -0.620. The van der Waals surface area contributed by atoms with E-state index in [2.05, 4.69) is 20.3 Å². The Labute approximate surface area is 152 Å². The maximum Gasteiger partial charge on any atom is 0.248 e. The molecule has 6 heteroatoms. The Morgan fingerprint density at radius 2 is 1.79 bits per heavy atom. The minimum Gasteiger partial charge on any atom is -0.234 e. The molecule has 1 unspecified atom stereocenters. The topological polar surface area (TPSA) is 29.4 Å². The van der Waals surface area contributed by atoms with E-state index in [1.807, 2.05) is 39.0 Å². The highest BCUT2D eigenvalue weighted by molar-refractivity contribution is 9.10. The van der Waals surface area contributed by atoms with Crippen molar-refractivity contribution >= 4 is 32.6 Å². The molecule has 2 aliphatic carbocycles. The fourth-order valence-corrected chi connectivity index (χ4v) is 4.62. The fourth-order valence-electron chi connectivity index (χ4n) is 3.53. The van der Waals surface area contributed by atoms with Gasteiger partial charge in [0.05, 0.1) is 10.5 Å². The van der Waals surface area contributed by atoms with Gasteiger partial charge in [-0.1, -0.05) is 22.0 Å². The van der Waals surface area contributed by atoms with E-state index >= 15 is 0 Å². The van der Waals surface area contributed by atoms with Crippen LogP contribution in [0.1, 0.15) is 57.6 Å². The van der Waals surface area contributed by atoms with Crippen molar-refractivity contribution in [1.82, 2.24) is 0 Å². The van der Waals surface area contributed by atoms with Gasteiger partial charge in [0.1, 0.15) is 11.0 Å². The van der Waals surface area contributed by atoms with Crippen molar-refractivity contribution in [1.29, 1.82) is 0 Å². The largest absolute Gasteiger partial charge is 0.248 e. The summed E-state index contributed by atoms with van der Waals surface area (Å²) in [7, 11) is -1.40. The van der Waals surface area contributed by atoms with Crippen molar-refractivity contribution in [2.75, 3.05) is 0 Å². The van der Waals surface area contributed by atoms with Crippen molar-refractivity contribution in [2.24, 2.45) is 9.81 Å². The molecule has 1 aromatic rings. The summed E-state index contributed by atoms with van der Waals surface area (Å²) < 4.78 is 45.1. The Kier molecular flexibility index (Phi) is 4.53. The predicted molar refractivity (Wildman–Crippen MR) is 98.1 cm³/mol. The third kappa shape index (κ3) is 3.36. The third-order valence-electron chi connectivity index (χ3n) is 4.99. The van der Waals surface area contributed by atoms with E-state index in [1.165, 1.54) is 0 Å². The highest BCUT2D eigenvalue weighted by Crippen LogP contribution is 2.51. The van der Waals surface area contributed by atoms with E-state index in [1.54, 1.807) is 0 Å². The maximum absolute atomic E-state index is 13.7. The first kappa shape index (κ1) is 18.2. The molecule has 0 saturated heterocycles. The van der Waals surface area contributed by atoms with Crippen LogP contribution in [0.5, 0.6) is 0 Å². The van der Waals surface area contributed by atoms with Gasteiger partial charge < -0.3 is 0 Å². The van der Waals surface area contributed by atoms with Crippen LogP contribution >= 0.6 is 15.9 Å². The SMILES string of the molecule is CC(C)(C)S(=O)N=C1c2cc(Br)ccc2CC12CCC(F)(F)CC2. The molecule has 1 spiro atoms. The van der Waals surface area contributed by atoms with Crippen LogP contribution < -0.4 is 0 Å². The van der Waals surface area contributed by atoms with Gasteiger partial charge in [-0.25, -0.2) is 13.0 Å². The number of hydrogen-bond donors (Lipinski definition) is 0. The molecule has 2 aliphatic rings. The Morgan fingerprint density at radius 3 is 2.38 bits per heavy atom. The summed E-state index contributed by atoms with van der Waals surface area (Å²) in [5, 5.41) is 0. The van der Waals surface area contributed by atoms with Gasteiger partial charge in [0.15, 0.2) is 0 Å². The first-order valence-corrected chi connectivity index (χ1v) is 10.1. The van der Waals surface area contributed by atoms with Gasteiger partial charge in [0, 0.05) is 28.3 Å². The fraction of sp³-hybridized carbons (Fsp3) is 0.611. The highest BCUT2D eigenvalue weighted by Gasteiger charge is 2.50. The van der Waals surface area contributed by atoms with Gasteiger partial charge in [0.25, 0.3) is 0 Å². The van der Waals surface area contributed by atoms with E-state index in [9.17, 15) is 13.0 Å². The van der Waals surface area contributed by atoms with Crippen LogP contribution in [0.25, 0.3) is 0 Å². The molecule has 1 atom stereocenters. The van der Waals surface area contributed by atoms with Crippen LogP contribution in [0.15, 0.2) is 27.1 Å². The normalized spacial score (nSPS) is 25.0. The summed E-state index contributed by atoms with van der Waals surface area (Å²) in [5.41, 5.74) is 2.45. The minimum atomic E-state index is -2.59. The third-order valence-corrected chi connectivity index (χ3v) is 6.88. The molecule has 2 nitrogen and oxygen atoms in total. The minimum absolute atomic E-state index is 0.122. The molecular formula is C18H22BrF2NOS. The van der Waals surface area contributed by atoms with Gasteiger partial charge in [-0.2, -0.15) is 4.40 Å². The van der Waals surface area contributed by atoms with Crippen molar-refractivity contribution in [3.8, 4) is 0 Å². The van der Waals surface area contributed by atoms with Gasteiger partial charge in [-0.3, -0.25) is 0 Å². The lowest BCUT2D eigenvalue weighted by atomic mass is 9.70. The monoisotopic (exact) mass is 417 g/mol. The first-order valence-electron chi connectivity index (χ1n) is 8.20. The summed E-state index contributed by atoms with van der Waals surface area (Å²) in [6.07, 6.45) is 1.26. The lowest BCUT2D eigenvalue weighted by Crippen LogP contribution is -2.38.